The Hall–Kier alpha value is -2.73. The zero-order valence-electron chi connectivity index (χ0n) is 13.9. The van der Waals surface area contributed by atoms with Crippen LogP contribution in [0.2, 0.25) is 0 Å². The third-order valence-electron chi connectivity index (χ3n) is 3.91. The van der Waals surface area contributed by atoms with Gasteiger partial charge in [0.2, 0.25) is 0 Å². The number of hydrogen-bond acceptors (Lipinski definition) is 4. The summed E-state index contributed by atoms with van der Waals surface area (Å²) >= 11 is 0. The van der Waals surface area contributed by atoms with E-state index >= 15 is 0 Å². The molecule has 1 heterocycles. The van der Waals surface area contributed by atoms with Crippen LogP contribution in [-0.2, 0) is 9.84 Å². The van der Waals surface area contributed by atoms with Crippen molar-refractivity contribution in [2.24, 2.45) is 0 Å². The normalized spacial score (nSPS) is 11.6. The Kier molecular flexibility index (Phi) is 4.55. The van der Waals surface area contributed by atoms with Gasteiger partial charge in [0.25, 0.3) is 5.91 Å². The molecule has 1 aromatic heterocycles. The summed E-state index contributed by atoms with van der Waals surface area (Å²) in [6.07, 6.45) is 1.60. The van der Waals surface area contributed by atoms with Crippen molar-refractivity contribution >= 4 is 32.3 Å². The Morgan fingerprint density at radius 1 is 1.04 bits per heavy atom. The molecule has 0 unspecified atom stereocenters. The van der Waals surface area contributed by atoms with Crippen molar-refractivity contribution in [3.05, 3.63) is 66.4 Å². The highest BCUT2D eigenvalue weighted by Gasteiger charge is 2.19. The van der Waals surface area contributed by atoms with Gasteiger partial charge in [0.05, 0.1) is 27.5 Å². The van der Waals surface area contributed by atoms with Crippen LogP contribution in [0.5, 0.6) is 0 Å². The predicted octanol–water partition coefficient (Wildman–Crippen LogP) is 3.67. The predicted molar refractivity (Wildman–Crippen MR) is 98.5 cm³/mol. The maximum absolute atomic E-state index is 12.4. The Morgan fingerprint density at radius 2 is 1.72 bits per heavy atom. The third kappa shape index (κ3) is 3.53. The fourth-order valence-corrected chi connectivity index (χ4v) is 3.47. The standard InChI is InChI=1S/C19H18N2O3S/c1-13(2)25(23,24)17-9-7-14(8-10-17)19(22)21-16-11-15-5-3-4-6-18(15)20-12-16/h3-13H,1-2H3,(H,21,22). The molecule has 1 N–H and O–H groups in total. The second-order valence-electron chi connectivity index (χ2n) is 5.99. The lowest BCUT2D eigenvalue weighted by molar-refractivity contribution is 0.102. The van der Waals surface area contributed by atoms with Crippen molar-refractivity contribution in [1.82, 2.24) is 4.98 Å². The van der Waals surface area contributed by atoms with Crippen molar-refractivity contribution in [1.29, 1.82) is 0 Å². The summed E-state index contributed by atoms with van der Waals surface area (Å²) in [6.45, 7) is 3.26. The van der Waals surface area contributed by atoms with Crippen molar-refractivity contribution in [2.45, 2.75) is 24.0 Å². The third-order valence-corrected chi connectivity index (χ3v) is 6.08. The van der Waals surface area contributed by atoms with Gasteiger partial charge >= 0.3 is 0 Å². The van der Waals surface area contributed by atoms with Crippen molar-refractivity contribution in [2.75, 3.05) is 5.32 Å². The zero-order valence-corrected chi connectivity index (χ0v) is 14.7. The highest BCUT2D eigenvalue weighted by molar-refractivity contribution is 7.92. The van der Waals surface area contributed by atoms with E-state index in [2.05, 4.69) is 10.3 Å². The number of fused-ring (bicyclic) bond motifs is 1. The topological polar surface area (TPSA) is 76.1 Å². The summed E-state index contributed by atoms with van der Waals surface area (Å²) in [5, 5.41) is 3.21. The molecule has 5 nitrogen and oxygen atoms in total. The molecule has 0 spiro atoms. The van der Waals surface area contributed by atoms with E-state index < -0.39 is 15.1 Å². The molecular weight excluding hydrogens is 336 g/mol. The molecule has 128 valence electrons. The molecule has 0 saturated carbocycles. The number of carbonyl (C=O) groups excluding carboxylic acids is 1. The Labute approximate surface area is 146 Å². The first-order chi connectivity index (χ1) is 11.9. The van der Waals surface area contributed by atoms with E-state index in [1.807, 2.05) is 30.3 Å². The zero-order chi connectivity index (χ0) is 18.0. The first kappa shape index (κ1) is 17.1. The summed E-state index contributed by atoms with van der Waals surface area (Å²) in [5.74, 6) is -0.314. The fourth-order valence-electron chi connectivity index (χ4n) is 2.41. The molecule has 3 aromatic rings. The van der Waals surface area contributed by atoms with Crippen LogP contribution in [0.3, 0.4) is 0 Å². The van der Waals surface area contributed by atoms with Gasteiger partial charge in [-0.15, -0.1) is 0 Å². The Balaban J connectivity index is 1.81. The summed E-state index contributed by atoms with van der Waals surface area (Å²) in [4.78, 5) is 16.9. The van der Waals surface area contributed by atoms with Gasteiger partial charge in [0.15, 0.2) is 9.84 Å². The number of nitrogens with one attached hydrogen (secondary N) is 1. The quantitative estimate of drug-likeness (QED) is 0.775. The van der Waals surface area contributed by atoms with Gasteiger partial charge in [0, 0.05) is 10.9 Å². The summed E-state index contributed by atoms with van der Waals surface area (Å²) in [5.41, 5.74) is 1.82. The highest BCUT2D eigenvalue weighted by Crippen LogP contribution is 2.19. The van der Waals surface area contributed by atoms with Crippen LogP contribution in [0.15, 0.2) is 65.7 Å². The number of nitrogens with zero attached hydrogens (tertiary/aromatic N) is 1. The number of benzene rings is 2. The highest BCUT2D eigenvalue weighted by atomic mass is 32.2. The van der Waals surface area contributed by atoms with Crippen LogP contribution in [0.1, 0.15) is 24.2 Å². The average Bonchev–Trinajstić information content (AvgIpc) is 2.61. The SMILES string of the molecule is CC(C)S(=O)(=O)c1ccc(C(=O)Nc2cnc3ccccc3c2)cc1. The molecule has 0 bridgehead atoms. The number of carbonyl (C=O) groups is 1. The minimum absolute atomic E-state index is 0.214. The number of aromatic nitrogens is 1. The van der Waals surface area contributed by atoms with Crippen LogP contribution < -0.4 is 5.32 Å². The number of amides is 1. The first-order valence-electron chi connectivity index (χ1n) is 7.88. The summed E-state index contributed by atoms with van der Waals surface area (Å²) in [6, 6.07) is 15.4. The van der Waals surface area contributed by atoms with Crippen molar-refractivity contribution in [3.63, 3.8) is 0 Å². The molecular formula is C19H18N2O3S. The van der Waals surface area contributed by atoms with Crippen LogP contribution in [0.4, 0.5) is 5.69 Å². The second-order valence-corrected chi connectivity index (χ2v) is 8.49. The second kappa shape index (κ2) is 6.64. The average molecular weight is 354 g/mol. The molecule has 2 aromatic carbocycles. The van der Waals surface area contributed by atoms with Gasteiger partial charge in [-0.2, -0.15) is 0 Å². The number of para-hydroxylation sites is 1. The molecule has 0 atom stereocenters. The van der Waals surface area contributed by atoms with E-state index in [1.54, 1.807) is 20.0 Å². The maximum Gasteiger partial charge on any atom is 0.255 e. The van der Waals surface area contributed by atoms with Gasteiger partial charge in [-0.3, -0.25) is 9.78 Å². The molecule has 25 heavy (non-hydrogen) atoms. The van der Waals surface area contributed by atoms with Gasteiger partial charge in [-0.1, -0.05) is 18.2 Å². The van der Waals surface area contributed by atoms with Gasteiger partial charge in [0.1, 0.15) is 0 Å². The van der Waals surface area contributed by atoms with Crippen LogP contribution in [0.25, 0.3) is 10.9 Å². The minimum Gasteiger partial charge on any atom is -0.321 e. The molecule has 3 rings (SSSR count). The molecule has 0 radical (unpaired) electrons. The lowest BCUT2D eigenvalue weighted by Gasteiger charge is -2.09. The molecule has 0 fully saturated rings. The van der Waals surface area contributed by atoms with E-state index in [1.165, 1.54) is 24.3 Å². The first-order valence-corrected chi connectivity index (χ1v) is 9.42. The molecule has 0 saturated heterocycles. The maximum atomic E-state index is 12.4. The Morgan fingerprint density at radius 3 is 2.40 bits per heavy atom. The summed E-state index contributed by atoms with van der Waals surface area (Å²) < 4.78 is 24.2. The van der Waals surface area contributed by atoms with E-state index in [-0.39, 0.29) is 10.8 Å². The Bertz CT molecular complexity index is 1030. The summed E-state index contributed by atoms with van der Waals surface area (Å²) in [7, 11) is -3.34. The number of rotatable bonds is 4. The largest absolute Gasteiger partial charge is 0.321 e. The number of pyridine rings is 1. The lowest BCUT2D eigenvalue weighted by Crippen LogP contribution is -2.15. The van der Waals surface area contributed by atoms with Crippen LogP contribution in [-0.4, -0.2) is 24.6 Å². The van der Waals surface area contributed by atoms with Crippen LogP contribution >= 0.6 is 0 Å². The monoisotopic (exact) mass is 354 g/mol. The van der Waals surface area contributed by atoms with Gasteiger partial charge in [-0.05, 0) is 50.2 Å². The van der Waals surface area contributed by atoms with E-state index in [9.17, 15) is 13.2 Å². The minimum atomic E-state index is -3.34. The molecule has 1 amide bonds. The van der Waals surface area contributed by atoms with Gasteiger partial charge in [-0.25, -0.2) is 8.42 Å². The van der Waals surface area contributed by atoms with Crippen molar-refractivity contribution < 1.29 is 13.2 Å². The number of anilines is 1. The number of sulfone groups is 1. The number of hydrogen-bond donors (Lipinski definition) is 1. The fraction of sp³-hybridized carbons (Fsp3) is 0.158. The van der Waals surface area contributed by atoms with E-state index in [4.69, 9.17) is 0 Å². The molecule has 0 aliphatic heterocycles. The molecule has 0 aliphatic rings. The van der Waals surface area contributed by atoms with E-state index in [0.717, 1.165) is 10.9 Å². The molecule has 6 heteroatoms. The lowest BCUT2D eigenvalue weighted by atomic mass is 10.2. The molecule has 0 aliphatic carbocycles. The van der Waals surface area contributed by atoms with Crippen LogP contribution in [0, 0.1) is 0 Å². The smallest absolute Gasteiger partial charge is 0.255 e. The van der Waals surface area contributed by atoms with Crippen molar-refractivity contribution in [3.8, 4) is 0 Å². The van der Waals surface area contributed by atoms with E-state index in [0.29, 0.717) is 11.3 Å². The van der Waals surface area contributed by atoms with Gasteiger partial charge < -0.3 is 5.32 Å².